The summed E-state index contributed by atoms with van der Waals surface area (Å²) in [6.45, 7) is 0. The molecule has 1 saturated heterocycles. The third-order valence-electron chi connectivity index (χ3n) is 3.83. The number of hydrogen-bond acceptors (Lipinski definition) is 6. The molecule has 0 spiro atoms. The minimum absolute atomic E-state index is 0.0166. The fourth-order valence-corrected chi connectivity index (χ4v) is 5.91. The Labute approximate surface area is 143 Å². The van der Waals surface area contributed by atoms with E-state index in [-0.39, 0.29) is 23.1 Å². The van der Waals surface area contributed by atoms with Gasteiger partial charge in [-0.15, -0.1) is 11.3 Å². The fourth-order valence-electron chi connectivity index (χ4n) is 2.73. The van der Waals surface area contributed by atoms with E-state index in [4.69, 9.17) is 17.0 Å². The molecule has 0 aliphatic carbocycles. The van der Waals surface area contributed by atoms with Crippen LogP contribution in [-0.4, -0.2) is 31.6 Å². The number of methoxy groups -OCH3 is 1. The van der Waals surface area contributed by atoms with Crippen molar-refractivity contribution in [2.24, 2.45) is 0 Å². The van der Waals surface area contributed by atoms with E-state index in [1.54, 1.807) is 7.11 Å². The molecular formula is C15H15NO4S3. The van der Waals surface area contributed by atoms with Crippen LogP contribution in [0.1, 0.15) is 12.5 Å². The molecule has 1 unspecified atom stereocenters. The first-order valence-electron chi connectivity index (χ1n) is 7.02. The van der Waals surface area contributed by atoms with Gasteiger partial charge in [-0.1, -0.05) is 12.1 Å². The zero-order chi connectivity index (χ0) is 16.6. The molecule has 5 nitrogen and oxygen atoms in total. The highest BCUT2D eigenvalue weighted by molar-refractivity contribution is 7.91. The number of para-hydroxylation sites is 1. The number of rotatable bonds is 3. The van der Waals surface area contributed by atoms with E-state index in [9.17, 15) is 13.2 Å². The summed E-state index contributed by atoms with van der Waals surface area (Å²) in [4.78, 5) is 13.2. The van der Waals surface area contributed by atoms with Crippen molar-refractivity contribution >= 4 is 33.4 Å². The van der Waals surface area contributed by atoms with Crippen molar-refractivity contribution in [1.82, 2.24) is 4.57 Å². The molecule has 1 aromatic carbocycles. The molecule has 0 radical (unpaired) electrons. The van der Waals surface area contributed by atoms with Gasteiger partial charge < -0.3 is 4.74 Å². The van der Waals surface area contributed by atoms with E-state index >= 15 is 0 Å². The molecule has 0 amide bonds. The molecule has 2 heterocycles. The van der Waals surface area contributed by atoms with Gasteiger partial charge >= 0.3 is 0 Å². The second-order valence-corrected chi connectivity index (χ2v) is 9.25. The lowest BCUT2D eigenvalue weighted by atomic mass is 10.1. The molecule has 8 heteroatoms. The van der Waals surface area contributed by atoms with Crippen LogP contribution in [0.15, 0.2) is 35.1 Å². The first-order chi connectivity index (χ1) is 10.9. The predicted molar refractivity (Wildman–Crippen MR) is 93.7 cm³/mol. The summed E-state index contributed by atoms with van der Waals surface area (Å²) >= 11 is 6.65. The van der Waals surface area contributed by atoms with Crippen LogP contribution in [0.5, 0.6) is 5.75 Å². The monoisotopic (exact) mass is 369 g/mol. The number of sulfone groups is 1. The molecule has 1 fully saturated rings. The molecule has 3 rings (SSSR count). The Balaban J connectivity index is 2.09. The Kier molecular flexibility index (Phi) is 4.39. The third-order valence-corrected chi connectivity index (χ3v) is 6.96. The fraction of sp³-hybridized carbons (Fsp3) is 0.333. The molecule has 0 bridgehead atoms. The van der Waals surface area contributed by atoms with E-state index in [0.717, 1.165) is 10.4 Å². The maximum atomic E-state index is 12.5. The van der Waals surface area contributed by atoms with Gasteiger partial charge in [-0.25, -0.2) is 8.42 Å². The SMILES string of the molecule is COc1ccccc1-c1cc(=O)n(C2CCS(=O)(=O)C2)c(=S)s1. The highest BCUT2D eigenvalue weighted by Gasteiger charge is 2.30. The largest absolute Gasteiger partial charge is 0.496 e. The van der Waals surface area contributed by atoms with Crippen LogP contribution in [0.25, 0.3) is 10.4 Å². The van der Waals surface area contributed by atoms with E-state index < -0.39 is 9.84 Å². The third kappa shape index (κ3) is 3.24. The second kappa shape index (κ2) is 6.18. The lowest BCUT2D eigenvalue weighted by molar-refractivity contribution is 0.416. The lowest BCUT2D eigenvalue weighted by Crippen LogP contribution is -2.25. The lowest BCUT2D eigenvalue weighted by Gasteiger charge is -2.13. The zero-order valence-electron chi connectivity index (χ0n) is 12.4. The van der Waals surface area contributed by atoms with Crippen LogP contribution < -0.4 is 10.3 Å². The van der Waals surface area contributed by atoms with E-state index in [1.807, 2.05) is 24.3 Å². The minimum atomic E-state index is -3.07. The first kappa shape index (κ1) is 16.4. The number of ether oxygens (including phenoxy) is 1. The average molecular weight is 369 g/mol. The van der Waals surface area contributed by atoms with Crippen molar-refractivity contribution in [3.05, 3.63) is 44.6 Å². The topological polar surface area (TPSA) is 65.4 Å². The van der Waals surface area contributed by atoms with Crippen molar-refractivity contribution < 1.29 is 13.2 Å². The summed E-state index contributed by atoms with van der Waals surface area (Å²) in [6.07, 6.45) is 0.437. The maximum absolute atomic E-state index is 12.5. The van der Waals surface area contributed by atoms with Crippen LogP contribution in [-0.2, 0) is 9.84 Å². The number of benzene rings is 1. The molecule has 122 valence electrons. The second-order valence-electron chi connectivity index (χ2n) is 5.34. The van der Waals surface area contributed by atoms with Gasteiger partial charge in [-0.3, -0.25) is 9.36 Å². The molecule has 1 atom stereocenters. The molecule has 1 aromatic heterocycles. The predicted octanol–water partition coefficient (Wildman–Crippen LogP) is 2.67. The summed E-state index contributed by atoms with van der Waals surface area (Å²) < 4.78 is 30.4. The van der Waals surface area contributed by atoms with Gasteiger partial charge in [0.15, 0.2) is 13.8 Å². The Morgan fingerprint density at radius 3 is 2.70 bits per heavy atom. The molecule has 1 aliphatic rings. The van der Waals surface area contributed by atoms with Gasteiger partial charge in [-0.2, -0.15) is 0 Å². The van der Waals surface area contributed by atoms with Crippen molar-refractivity contribution in [2.45, 2.75) is 12.5 Å². The Bertz CT molecular complexity index is 928. The summed E-state index contributed by atoms with van der Waals surface area (Å²) in [5.74, 6) is 0.758. The van der Waals surface area contributed by atoms with Gasteiger partial charge in [0, 0.05) is 16.5 Å². The molecule has 2 aromatic rings. The highest BCUT2D eigenvalue weighted by atomic mass is 32.2. The van der Waals surface area contributed by atoms with Crippen LogP contribution in [0.3, 0.4) is 0 Å². The van der Waals surface area contributed by atoms with Crippen LogP contribution >= 0.6 is 23.6 Å². The molecular weight excluding hydrogens is 354 g/mol. The number of hydrogen-bond donors (Lipinski definition) is 0. The molecule has 1 aliphatic heterocycles. The zero-order valence-corrected chi connectivity index (χ0v) is 14.8. The van der Waals surface area contributed by atoms with Crippen LogP contribution in [0.4, 0.5) is 0 Å². The Morgan fingerprint density at radius 1 is 1.35 bits per heavy atom. The van der Waals surface area contributed by atoms with Crippen molar-refractivity contribution in [2.75, 3.05) is 18.6 Å². The quantitative estimate of drug-likeness (QED) is 0.778. The Hall–Kier alpha value is -1.51. The van der Waals surface area contributed by atoms with Gasteiger partial charge in [0.05, 0.1) is 24.7 Å². The average Bonchev–Trinajstić information content (AvgIpc) is 2.86. The summed E-state index contributed by atoms with van der Waals surface area (Å²) in [5, 5.41) is 0. The smallest absolute Gasteiger partial charge is 0.253 e. The maximum Gasteiger partial charge on any atom is 0.253 e. The highest BCUT2D eigenvalue weighted by Crippen LogP contribution is 2.33. The summed E-state index contributed by atoms with van der Waals surface area (Å²) in [6, 6.07) is 8.55. The summed E-state index contributed by atoms with van der Waals surface area (Å²) in [5.41, 5.74) is 0.533. The van der Waals surface area contributed by atoms with Crippen molar-refractivity contribution in [1.29, 1.82) is 0 Å². The van der Waals surface area contributed by atoms with Gasteiger partial charge in [0.25, 0.3) is 5.56 Å². The van der Waals surface area contributed by atoms with Crippen LogP contribution in [0, 0.1) is 3.95 Å². The van der Waals surface area contributed by atoms with Crippen LogP contribution in [0.2, 0.25) is 0 Å². The summed E-state index contributed by atoms with van der Waals surface area (Å²) in [7, 11) is -1.50. The first-order valence-corrected chi connectivity index (χ1v) is 10.1. The van der Waals surface area contributed by atoms with Crippen molar-refractivity contribution in [3.8, 4) is 16.2 Å². The number of nitrogens with zero attached hydrogens (tertiary/aromatic N) is 1. The minimum Gasteiger partial charge on any atom is -0.496 e. The molecule has 0 saturated carbocycles. The Morgan fingerprint density at radius 2 is 2.09 bits per heavy atom. The van der Waals surface area contributed by atoms with E-state index in [1.165, 1.54) is 22.0 Å². The van der Waals surface area contributed by atoms with Crippen molar-refractivity contribution in [3.63, 3.8) is 0 Å². The number of aromatic nitrogens is 1. The van der Waals surface area contributed by atoms with Gasteiger partial charge in [0.2, 0.25) is 0 Å². The van der Waals surface area contributed by atoms with E-state index in [2.05, 4.69) is 0 Å². The standard InChI is InChI=1S/C15H15NO4S3/c1-20-12-5-3-2-4-11(12)13-8-14(17)16(15(21)22-13)10-6-7-23(18,19)9-10/h2-5,8,10H,6-7,9H2,1H3. The van der Waals surface area contributed by atoms with Gasteiger partial charge in [-0.05, 0) is 30.8 Å². The molecule has 23 heavy (non-hydrogen) atoms. The van der Waals surface area contributed by atoms with Gasteiger partial charge in [0.1, 0.15) is 5.75 Å². The normalized spacial score (nSPS) is 19.6. The molecule has 0 N–H and O–H groups in total. The van der Waals surface area contributed by atoms with E-state index in [0.29, 0.717) is 16.1 Å².